The number of aryl methyl sites for hydroxylation is 1. The monoisotopic (exact) mass is 429 g/mol. The van der Waals surface area contributed by atoms with E-state index in [1.165, 1.54) is 6.07 Å². The van der Waals surface area contributed by atoms with Crippen LogP contribution in [-0.4, -0.2) is 23.2 Å². The number of benzene rings is 1. The summed E-state index contributed by atoms with van der Waals surface area (Å²) in [6, 6.07) is 4.95. The lowest BCUT2D eigenvalue weighted by molar-refractivity contribution is 0.318. The number of nitrogens with zero attached hydrogens (tertiary/aromatic N) is 1. The fourth-order valence-corrected chi connectivity index (χ4v) is 2.64. The van der Waals surface area contributed by atoms with Crippen LogP contribution in [0.5, 0.6) is 5.75 Å². The second-order valence-corrected chi connectivity index (χ2v) is 6.55. The van der Waals surface area contributed by atoms with Crippen LogP contribution in [-0.2, 0) is 6.42 Å². The van der Waals surface area contributed by atoms with Gasteiger partial charge >= 0.3 is 0 Å². The van der Waals surface area contributed by atoms with Crippen LogP contribution in [0.1, 0.15) is 18.1 Å². The zero-order chi connectivity index (χ0) is 18.4. The Morgan fingerprint density at radius 2 is 2.08 bits per heavy atom. The third-order valence-electron chi connectivity index (χ3n) is 3.37. The minimum Gasteiger partial charge on any atom is -0.491 e. The molecule has 0 aliphatic carbocycles. The fourth-order valence-electron chi connectivity index (χ4n) is 2.20. The maximum absolute atomic E-state index is 14.4. The Balaban J connectivity index is 1.96. The Labute approximate surface area is 159 Å². The van der Waals surface area contributed by atoms with E-state index in [2.05, 4.69) is 31.5 Å². The van der Waals surface area contributed by atoms with Gasteiger partial charge in [0.1, 0.15) is 11.6 Å². The predicted octanol–water partition coefficient (Wildman–Crippen LogP) is 4.36. The van der Waals surface area contributed by atoms with Crippen molar-refractivity contribution in [3.05, 3.63) is 51.6 Å². The van der Waals surface area contributed by atoms with Gasteiger partial charge in [-0.25, -0.2) is 13.8 Å². The number of halogens is 3. The first-order chi connectivity index (χ1) is 11.9. The topological polar surface area (TPSA) is 46.2 Å². The molecule has 25 heavy (non-hydrogen) atoms. The van der Waals surface area contributed by atoms with Gasteiger partial charge in [-0.3, -0.25) is 0 Å². The van der Waals surface area contributed by atoms with Crippen molar-refractivity contribution in [3.63, 3.8) is 0 Å². The summed E-state index contributed by atoms with van der Waals surface area (Å²) in [6.45, 7) is 3.92. The molecule has 0 aliphatic rings. The van der Waals surface area contributed by atoms with Crippen molar-refractivity contribution in [2.75, 3.05) is 18.5 Å². The number of nitrogens with one attached hydrogen (secondary N) is 2. The molecule has 0 spiro atoms. The van der Waals surface area contributed by atoms with Crippen molar-refractivity contribution < 1.29 is 13.5 Å². The van der Waals surface area contributed by atoms with Crippen molar-refractivity contribution in [2.24, 2.45) is 0 Å². The molecular formula is C17H18BrF2N3OS. The summed E-state index contributed by atoms with van der Waals surface area (Å²) in [7, 11) is 0. The number of pyridine rings is 1. The lowest BCUT2D eigenvalue weighted by atomic mass is 10.1. The van der Waals surface area contributed by atoms with Gasteiger partial charge in [-0.2, -0.15) is 0 Å². The van der Waals surface area contributed by atoms with E-state index in [-0.39, 0.29) is 24.3 Å². The molecule has 2 aromatic rings. The van der Waals surface area contributed by atoms with Crippen molar-refractivity contribution >= 4 is 39.1 Å². The van der Waals surface area contributed by atoms with Gasteiger partial charge in [0.15, 0.2) is 16.7 Å². The summed E-state index contributed by atoms with van der Waals surface area (Å²) in [5.41, 5.74) is 0.333. The first-order valence-electron chi connectivity index (χ1n) is 7.69. The van der Waals surface area contributed by atoms with Gasteiger partial charge < -0.3 is 15.4 Å². The molecule has 4 nitrogen and oxygen atoms in total. The summed E-state index contributed by atoms with van der Waals surface area (Å²) >= 11 is 8.45. The highest BCUT2D eigenvalue weighted by atomic mass is 79.9. The quantitative estimate of drug-likeness (QED) is 0.667. The molecule has 134 valence electrons. The largest absolute Gasteiger partial charge is 0.491 e. The van der Waals surface area contributed by atoms with E-state index >= 15 is 0 Å². The average Bonchev–Trinajstić information content (AvgIpc) is 2.58. The van der Waals surface area contributed by atoms with Crippen LogP contribution < -0.4 is 15.4 Å². The molecule has 0 radical (unpaired) electrons. The highest BCUT2D eigenvalue weighted by Crippen LogP contribution is 2.26. The molecule has 0 amide bonds. The average molecular weight is 430 g/mol. The first-order valence-corrected chi connectivity index (χ1v) is 8.89. The molecule has 0 saturated carbocycles. The van der Waals surface area contributed by atoms with E-state index < -0.39 is 11.6 Å². The van der Waals surface area contributed by atoms with Crippen LogP contribution in [0.4, 0.5) is 14.6 Å². The van der Waals surface area contributed by atoms with Crippen LogP contribution in [0.25, 0.3) is 0 Å². The second-order valence-electron chi connectivity index (χ2n) is 5.22. The molecule has 1 aromatic carbocycles. The van der Waals surface area contributed by atoms with Gasteiger partial charge in [-0.15, -0.1) is 0 Å². The van der Waals surface area contributed by atoms with Gasteiger partial charge in [0.25, 0.3) is 0 Å². The standard InChI is InChI=1S/C17H18BrF2N3OS/c1-3-24-13-8-10(2)15(19)12(16(13)20)6-7-21-17(25)23-14-5-4-11(18)9-22-14/h4-5,8-9H,3,6-7H2,1-2H3,(H2,21,22,23,25). The van der Waals surface area contributed by atoms with Crippen molar-refractivity contribution in [2.45, 2.75) is 20.3 Å². The molecule has 2 N–H and O–H groups in total. The van der Waals surface area contributed by atoms with Crippen molar-refractivity contribution in [3.8, 4) is 5.75 Å². The van der Waals surface area contributed by atoms with E-state index in [0.717, 1.165) is 4.47 Å². The molecule has 0 atom stereocenters. The van der Waals surface area contributed by atoms with Crippen LogP contribution >= 0.6 is 28.1 Å². The van der Waals surface area contributed by atoms with E-state index in [0.29, 0.717) is 23.1 Å². The Bertz CT molecular complexity index is 757. The van der Waals surface area contributed by atoms with Crippen LogP contribution in [0.15, 0.2) is 28.9 Å². The Morgan fingerprint density at radius 3 is 2.72 bits per heavy atom. The van der Waals surface area contributed by atoms with Gasteiger partial charge in [0.05, 0.1) is 6.61 Å². The number of ether oxygens (including phenoxy) is 1. The van der Waals surface area contributed by atoms with Crippen LogP contribution in [0.3, 0.4) is 0 Å². The minimum atomic E-state index is -0.666. The first kappa shape index (κ1) is 19.5. The SMILES string of the molecule is CCOc1cc(C)c(F)c(CCNC(=S)Nc2ccc(Br)cn2)c1F. The molecule has 0 unspecified atom stereocenters. The molecule has 1 heterocycles. The summed E-state index contributed by atoms with van der Waals surface area (Å²) in [6.07, 6.45) is 1.77. The van der Waals surface area contributed by atoms with Crippen molar-refractivity contribution in [1.82, 2.24) is 10.3 Å². The molecule has 1 aromatic heterocycles. The number of hydrogen-bond acceptors (Lipinski definition) is 3. The number of aromatic nitrogens is 1. The lowest BCUT2D eigenvalue weighted by Gasteiger charge is -2.14. The van der Waals surface area contributed by atoms with E-state index in [4.69, 9.17) is 17.0 Å². The summed E-state index contributed by atoms with van der Waals surface area (Å²) in [5.74, 6) is -0.583. The van der Waals surface area contributed by atoms with Crippen LogP contribution in [0.2, 0.25) is 0 Å². The smallest absolute Gasteiger partial charge is 0.171 e. The third-order valence-corrected chi connectivity index (χ3v) is 4.08. The van der Waals surface area contributed by atoms with E-state index in [1.807, 2.05) is 6.07 Å². The highest BCUT2D eigenvalue weighted by molar-refractivity contribution is 9.10. The Kier molecular flexibility index (Phi) is 7.07. The van der Waals surface area contributed by atoms with Gasteiger partial charge in [-0.05, 0) is 72.2 Å². The number of anilines is 1. The predicted molar refractivity (Wildman–Crippen MR) is 102 cm³/mol. The zero-order valence-corrected chi connectivity index (χ0v) is 16.2. The molecule has 0 aliphatic heterocycles. The maximum atomic E-state index is 14.4. The zero-order valence-electron chi connectivity index (χ0n) is 13.8. The molecule has 0 fully saturated rings. The van der Waals surface area contributed by atoms with Gasteiger partial charge in [0, 0.05) is 22.8 Å². The molecule has 8 heteroatoms. The lowest BCUT2D eigenvalue weighted by Crippen LogP contribution is -2.30. The Hall–Kier alpha value is -1.80. The molecule has 0 saturated heterocycles. The minimum absolute atomic E-state index is 0.0134. The number of rotatable bonds is 6. The van der Waals surface area contributed by atoms with Crippen LogP contribution in [0, 0.1) is 18.6 Å². The summed E-state index contributed by atoms with van der Waals surface area (Å²) < 4.78 is 34.6. The fraction of sp³-hybridized carbons (Fsp3) is 0.294. The number of thiocarbonyl (C=S) groups is 1. The highest BCUT2D eigenvalue weighted by Gasteiger charge is 2.17. The van der Waals surface area contributed by atoms with E-state index in [1.54, 1.807) is 26.1 Å². The molecular weight excluding hydrogens is 412 g/mol. The maximum Gasteiger partial charge on any atom is 0.171 e. The normalized spacial score (nSPS) is 10.4. The second kappa shape index (κ2) is 9.05. The Morgan fingerprint density at radius 1 is 1.32 bits per heavy atom. The van der Waals surface area contributed by atoms with Gasteiger partial charge in [-0.1, -0.05) is 0 Å². The molecule has 0 bridgehead atoms. The van der Waals surface area contributed by atoms with Gasteiger partial charge in [0.2, 0.25) is 0 Å². The van der Waals surface area contributed by atoms with E-state index in [9.17, 15) is 8.78 Å². The molecule has 2 rings (SSSR count). The number of hydrogen-bond donors (Lipinski definition) is 2. The third kappa shape index (κ3) is 5.34. The van der Waals surface area contributed by atoms with Crippen molar-refractivity contribution in [1.29, 1.82) is 0 Å². The summed E-state index contributed by atoms with van der Waals surface area (Å²) in [5, 5.41) is 6.15. The summed E-state index contributed by atoms with van der Waals surface area (Å²) in [4.78, 5) is 4.13.